The second kappa shape index (κ2) is 6.67. The summed E-state index contributed by atoms with van der Waals surface area (Å²) in [6.45, 7) is 3.18. The van der Waals surface area contributed by atoms with Crippen molar-refractivity contribution in [3.8, 4) is 0 Å². The Balaban J connectivity index is 1.96. The van der Waals surface area contributed by atoms with E-state index < -0.39 is 0 Å². The Hall–Kier alpha value is -0.410. The molecule has 1 aromatic rings. The molecule has 2 unspecified atom stereocenters. The summed E-state index contributed by atoms with van der Waals surface area (Å²) in [5.74, 6) is 0.549. The van der Waals surface area contributed by atoms with Crippen LogP contribution in [0.3, 0.4) is 0 Å². The van der Waals surface area contributed by atoms with E-state index in [1.165, 1.54) is 25.7 Å². The zero-order valence-electron chi connectivity index (χ0n) is 10.9. The van der Waals surface area contributed by atoms with Crippen LogP contribution in [-0.2, 0) is 6.42 Å². The maximum atomic E-state index is 13.8. The summed E-state index contributed by atoms with van der Waals surface area (Å²) in [5.41, 5.74) is 0.861. The molecule has 3 heteroatoms. The Morgan fingerprint density at radius 1 is 1.39 bits per heavy atom. The highest BCUT2D eigenvalue weighted by Gasteiger charge is 2.22. The molecule has 2 rings (SSSR count). The lowest BCUT2D eigenvalue weighted by Gasteiger charge is -2.29. The van der Waals surface area contributed by atoms with Crippen LogP contribution in [0, 0.1) is 11.7 Å². The van der Waals surface area contributed by atoms with Gasteiger partial charge in [0.25, 0.3) is 0 Å². The van der Waals surface area contributed by atoms with Crippen molar-refractivity contribution in [3.63, 3.8) is 0 Å². The fraction of sp³-hybridized carbons (Fsp3) is 0.600. The van der Waals surface area contributed by atoms with E-state index in [0.717, 1.165) is 23.0 Å². The van der Waals surface area contributed by atoms with Crippen molar-refractivity contribution in [1.82, 2.24) is 5.32 Å². The molecular formula is C15H21BrFN. The van der Waals surface area contributed by atoms with Gasteiger partial charge in [-0.25, -0.2) is 4.39 Å². The van der Waals surface area contributed by atoms with Crippen molar-refractivity contribution < 1.29 is 4.39 Å². The normalized spacial score (nSPS) is 24.2. The molecule has 2 atom stereocenters. The summed E-state index contributed by atoms with van der Waals surface area (Å²) in [6.07, 6.45) is 5.83. The van der Waals surface area contributed by atoms with Crippen LogP contribution in [-0.4, -0.2) is 12.6 Å². The maximum absolute atomic E-state index is 13.8. The molecule has 0 amide bonds. The van der Waals surface area contributed by atoms with Crippen LogP contribution >= 0.6 is 15.9 Å². The van der Waals surface area contributed by atoms with Crippen molar-refractivity contribution >= 4 is 15.9 Å². The van der Waals surface area contributed by atoms with Crippen LogP contribution < -0.4 is 5.32 Å². The van der Waals surface area contributed by atoms with Gasteiger partial charge >= 0.3 is 0 Å². The maximum Gasteiger partial charge on any atom is 0.127 e. The summed E-state index contributed by atoms with van der Waals surface area (Å²) in [4.78, 5) is 0. The molecule has 18 heavy (non-hydrogen) atoms. The molecule has 0 spiro atoms. The third-order valence-electron chi connectivity index (χ3n) is 3.80. The molecule has 1 saturated carbocycles. The van der Waals surface area contributed by atoms with Gasteiger partial charge in [-0.1, -0.05) is 41.8 Å². The van der Waals surface area contributed by atoms with Gasteiger partial charge in [0.15, 0.2) is 0 Å². The molecular weight excluding hydrogens is 293 g/mol. The molecule has 1 aliphatic rings. The SMILES string of the molecule is CCNC1CCCC(Cc2ccc(Br)cc2F)C1. The summed E-state index contributed by atoms with van der Waals surface area (Å²) in [5, 5.41) is 3.52. The smallest absolute Gasteiger partial charge is 0.127 e. The van der Waals surface area contributed by atoms with E-state index in [2.05, 4.69) is 28.2 Å². The summed E-state index contributed by atoms with van der Waals surface area (Å²) >= 11 is 3.30. The standard InChI is InChI=1S/C15H21BrFN/c1-2-18-14-5-3-4-11(9-14)8-12-6-7-13(16)10-15(12)17/h6-7,10-11,14,18H,2-5,8-9H2,1H3. The van der Waals surface area contributed by atoms with Gasteiger partial charge in [-0.15, -0.1) is 0 Å². The average molecular weight is 314 g/mol. The molecule has 0 saturated heterocycles. The summed E-state index contributed by atoms with van der Waals surface area (Å²) in [6, 6.07) is 6.05. The highest BCUT2D eigenvalue weighted by Crippen LogP contribution is 2.28. The Bertz CT molecular complexity index is 392. The second-order valence-electron chi connectivity index (χ2n) is 5.23. The largest absolute Gasteiger partial charge is 0.314 e. The Morgan fingerprint density at radius 3 is 2.94 bits per heavy atom. The zero-order valence-corrected chi connectivity index (χ0v) is 12.5. The predicted molar refractivity (Wildman–Crippen MR) is 77.2 cm³/mol. The first kappa shape index (κ1) is 14.0. The van der Waals surface area contributed by atoms with Gasteiger partial charge in [0, 0.05) is 10.5 Å². The lowest BCUT2D eigenvalue weighted by molar-refractivity contribution is 0.285. The van der Waals surface area contributed by atoms with Crippen molar-refractivity contribution in [3.05, 3.63) is 34.1 Å². The van der Waals surface area contributed by atoms with Crippen LogP contribution in [0.1, 0.15) is 38.2 Å². The molecule has 0 aromatic heterocycles. The van der Waals surface area contributed by atoms with Gasteiger partial charge in [-0.2, -0.15) is 0 Å². The van der Waals surface area contributed by atoms with E-state index in [9.17, 15) is 4.39 Å². The molecule has 0 heterocycles. The lowest BCUT2D eigenvalue weighted by Crippen LogP contribution is -2.34. The first-order chi connectivity index (χ1) is 8.69. The molecule has 0 aliphatic heterocycles. The number of hydrogen-bond donors (Lipinski definition) is 1. The molecule has 1 N–H and O–H groups in total. The van der Waals surface area contributed by atoms with Crippen LogP contribution in [0.2, 0.25) is 0 Å². The van der Waals surface area contributed by atoms with Crippen molar-refractivity contribution in [2.45, 2.75) is 45.1 Å². The first-order valence-electron chi connectivity index (χ1n) is 6.86. The third kappa shape index (κ3) is 3.79. The van der Waals surface area contributed by atoms with E-state index >= 15 is 0 Å². The predicted octanol–water partition coefficient (Wildman–Crippen LogP) is 4.30. The molecule has 0 bridgehead atoms. The topological polar surface area (TPSA) is 12.0 Å². The van der Waals surface area contributed by atoms with Crippen molar-refractivity contribution in [1.29, 1.82) is 0 Å². The Kier molecular flexibility index (Phi) is 5.19. The fourth-order valence-electron chi connectivity index (χ4n) is 2.95. The number of hydrogen-bond acceptors (Lipinski definition) is 1. The van der Waals surface area contributed by atoms with E-state index in [1.807, 2.05) is 12.1 Å². The number of halogens is 2. The molecule has 0 radical (unpaired) electrons. The lowest BCUT2D eigenvalue weighted by atomic mass is 9.82. The Morgan fingerprint density at radius 2 is 2.22 bits per heavy atom. The monoisotopic (exact) mass is 313 g/mol. The minimum atomic E-state index is -0.0741. The first-order valence-corrected chi connectivity index (χ1v) is 7.65. The Labute approximate surface area is 117 Å². The summed E-state index contributed by atoms with van der Waals surface area (Å²) in [7, 11) is 0. The fourth-order valence-corrected chi connectivity index (χ4v) is 3.28. The van der Waals surface area contributed by atoms with Gasteiger partial charge in [-0.3, -0.25) is 0 Å². The van der Waals surface area contributed by atoms with Crippen LogP contribution in [0.25, 0.3) is 0 Å². The highest BCUT2D eigenvalue weighted by molar-refractivity contribution is 9.10. The number of rotatable bonds is 4. The molecule has 1 nitrogen and oxygen atoms in total. The number of benzene rings is 1. The van der Waals surface area contributed by atoms with Crippen molar-refractivity contribution in [2.24, 2.45) is 5.92 Å². The van der Waals surface area contributed by atoms with E-state index in [4.69, 9.17) is 0 Å². The molecule has 1 aliphatic carbocycles. The minimum absolute atomic E-state index is 0.0741. The van der Waals surface area contributed by atoms with Crippen LogP contribution in [0.5, 0.6) is 0 Å². The van der Waals surface area contributed by atoms with E-state index in [-0.39, 0.29) is 5.82 Å². The van der Waals surface area contributed by atoms with Gasteiger partial charge in [0.05, 0.1) is 0 Å². The zero-order chi connectivity index (χ0) is 13.0. The van der Waals surface area contributed by atoms with Gasteiger partial charge < -0.3 is 5.32 Å². The minimum Gasteiger partial charge on any atom is -0.314 e. The van der Waals surface area contributed by atoms with Crippen LogP contribution in [0.4, 0.5) is 4.39 Å². The third-order valence-corrected chi connectivity index (χ3v) is 4.29. The van der Waals surface area contributed by atoms with Gasteiger partial charge in [0.1, 0.15) is 5.82 Å². The molecule has 1 fully saturated rings. The van der Waals surface area contributed by atoms with Crippen molar-refractivity contribution in [2.75, 3.05) is 6.54 Å². The van der Waals surface area contributed by atoms with Gasteiger partial charge in [-0.05, 0) is 49.4 Å². The van der Waals surface area contributed by atoms with Gasteiger partial charge in [0.2, 0.25) is 0 Å². The quantitative estimate of drug-likeness (QED) is 0.874. The van der Waals surface area contributed by atoms with Crippen LogP contribution in [0.15, 0.2) is 22.7 Å². The highest BCUT2D eigenvalue weighted by atomic mass is 79.9. The number of nitrogens with one attached hydrogen (secondary N) is 1. The van der Waals surface area contributed by atoms with E-state index in [1.54, 1.807) is 6.07 Å². The summed E-state index contributed by atoms with van der Waals surface area (Å²) < 4.78 is 14.6. The van der Waals surface area contributed by atoms with E-state index in [0.29, 0.717) is 12.0 Å². The molecule has 1 aromatic carbocycles. The second-order valence-corrected chi connectivity index (χ2v) is 6.14. The average Bonchev–Trinajstić information content (AvgIpc) is 2.34. The molecule has 100 valence electrons.